The Kier molecular flexibility index (Phi) is 57.3. The molecule has 3 heterocycles. The molecule has 350 valence electrons. The SMILES string of the molecule is CP1CCCP(C)CCNCCP(C)CCC1.C[PH+]1CCC[PH+](C)CCNCC[PH+](C)CCC1.C[PH+]1CCC[PH+](C)CCNCC[PH+](C)CCC1.[Cl][Ru][Cl].[Cl][Ru][Cl]. The van der Waals surface area contributed by atoms with Crippen LogP contribution in [0.25, 0.3) is 0 Å². The van der Waals surface area contributed by atoms with Crippen LogP contribution in [-0.2, 0) is 30.3 Å². The van der Waals surface area contributed by atoms with E-state index in [-0.39, 0.29) is 77.8 Å². The van der Waals surface area contributed by atoms with E-state index in [9.17, 15) is 0 Å². The Bertz CT molecular complexity index is 670. The second-order valence-electron chi connectivity index (χ2n) is 17.1. The van der Waals surface area contributed by atoms with Gasteiger partial charge in [0.1, 0.15) is 0 Å². The van der Waals surface area contributed by atoms with E-state index in [1.807, 2.05) is 0 Å². The molecule has 6 unspecified atom stereocenters. The summed E-state index contributed by atoms with van der Waals surface area (Å²) in [6, 6.07) is 0. The third-order valence-electron chi connectivity index (χ3n) is 11.2. The van der Waals surface area contributed by atoms with Crippen LogP contribution in [0.15, 0.2) is 0 Å². The Labute approximate surface area is 401 Å². The van der Waals surface area contributed by atoms with Gasteiger partial charge in [0.25, 0.3) is 0 Å². The van der Waals surface area contributed by atoms with E-state index < -0.39 is 0 Å². The monoisotopic (exact) mass is 1230 g/mol. The first-order valence-corrected chi connectivity index (χ1v) is 52.1. The van der Waals surface area contributed by atoms with Gasteiger partial charge in [-0.05, 0) is 130 Å². The first kappa shape index (κ1) is 65.2. The van der Waals surface area contributed by atoms with Crippen molar-refractivity contribution in [1.82, 2.24) is 16.0 Å². The van der Waals surface area contributed by atoms with Crippen molar-refractivity contribution < 1.29 is 30.3 Å². The molecule has 3 N–H and O–H groups in total. The average Bonchev–Trinajstić information content (AvgIpc) is 3.15. The minimum atomic E-state index is -0.346. The van der Waals surface area contributed by atoms with Gasteiger partial charge >= 0.3 is 69.1 Å². The van der Waals surface area contributed by atoms with Crippen molar-refractivity contribution in [1.29, 1.82) is 0 Å². The van der Waals surface area contributed by atoms with Gasteiger partial charge in [-0.3, -0.25) is 0 Å². The number of hydrogen-bond acceptors (Lipinski definition) is 3. The van der Waals surface area contributed by atoms with Gasteiger partial charge in [-0.1, -0.05) is 0 Å². The predicted octanol–water partition coefficient (Wildman–Crippen LogP) is 12.3. The molecule has 3 aliphatic heterocycles. The first-order chi connectivity index (χ1) is 27.4. The quantitative estimate of drug-likeness (QED) is 0.167. The molecular weight excluding hydrogens is 1130 g/mol. The van der Waals surface area contributed by atoms with Crippen molar-refractivity contribution in [3.8, 4) is 0 Å². The summed E-state index contributed by atoms with van der Waals surface area (Å²) in [6.07, 6.45) is 36.8. The molecule has 0 aliphatic carbocycles. The van der Waals surface area contributed by atoms with E-state index in [2.05, 4.69) is 75.9 Å². The normalized spacial score (nSPS) is 32.2. The van der Waals surface area contributed by atoms with Crippen LogP contribution in [0.3, 0.4) is 0 Å². The Morgan fingerprint density at radius 3 is 0.754 bits per heavy atom. The van der Waals surface area contributed by atoms with Crippen LogP contribution in [0.5, 0.6) is 0 Å². The average molecular weight is 1230 g/mol. The van der Waals surface area contributed by atoms with Crippen LogP contribution in [0.1, 0.15) is 38.5 Å². The van der Waals surface area contributed by atoms with Crippen molar-refractivity contribution in [3.05, 3.63) is 0 Å². The Balaban J connectivity index is 0. The van der Waals surface area contributed by atoms with Gasteiger partial charge in [0, 0.05) is 91.9 Å². The molecule has 57 heavy (non-hydrogen) atoms. The van der Waals surface area contributed by atoms with Gasteiger partial charge in [0.05, 0.1) is 73.9 Å². The zero-order valence-corrected chi connectivity index (χ0v) is 53.5. The van der Waals surface area contributed by atoms with Crippen LogP contribution in [-0.4, -0.2) is 210 Å². The summed E-state index contributed by atoms with van der Waals surface area (Å²) in [5.74, 6) is 0. The molecule has 3 fully saturated rings. The van der Waals surface area contributed by atoms with E-state index >= 15 is 0 Å². The molecule has 3 rings (SSSR count). The molecule has 3 nitrogen and oxygen atoms in total. The van der Waals surface area contributed by atoms with Crippen LogP contribution >= 0.6 is 110 Å². The summed E-state index contributed by atoms with van der Waals surface area (Å²) in [4.78, 5) is 0. The molecule has 0 amide bonds. The third-order valence-corrected chi connectivity index (χ3v) is 31.6. The van der Waals surface area contributed by atoms with Crippen molar-refractivity contribution in [2.75, 3.05) is 210 Å². The summed E-state index contributed by atoms with van der Waals surface area (Å²) >= 11 is -0.691. The Hall–Kier alpha value is 6.16. The van der Waals surface area contributed by atoms with Crippen molar-refractivity contribution in [2.24, 2.45) is 0 Å². The van der Waals surface area contributed by atoms with E-state index in [1.54, 1.807) is 75.0 Å². The fourth-order valence-corrected chi connectivity index (χ4v) is 23.8. The second kappa shape index (κ2) is 50.0. The fourth-order valence-electron chi connectivity index (χ4n) is 7.20. The number of halogens is 4. The molecule has 0 radical (unpaired) electrons. The van der Waals surface area contributed by atoms with Crippen LogP contribution < -0.4 is 16.0 Å². The van der Waals surface area contributed by atoms with Gasteiger partial charge in [0.15, 0.2) is 0 Å². The second-order valence-corrected chi connectivity index (χ2v) is 47.7. The Morgan fingerprint density at radius 2 is 0.509 bits per heavy atom. The molecule has 3 aliphatic rings. The topological polar surface area (TPSA) is 36.1 Å². The van der Waals surface area contributed by atoms with Crippen LogP contribution in [0.4, 0.5) is 0 Å². The van der Waals surface area contributed by atoms with Crippen molar-refractivity contribution in [2.45, 2.75) is 38.5 Å². The van der Waals surface area contributed by atoms with Crippen molar-refractivity contribution >= 4 is 110 Å². The molecule has 0 spiro atoms. The fraction of sp³-hybridized carbons (Fsp3) is 1.00. The van der Waals surface area contributed by atoms with Gasteiger partial charge in [-0.25, -0.2) is 0 Å². The summed E-state index contributed by atoms with van der Waals surface area (Å²) in [5, 5.41) is 11.0. The van der Waals surface area contributed by atoms with Crippen molar-refractivity contribution in [3.63, 3.8) is 0 Å². The maximum absolute atomic E-state index is 4.85. The molecule has 3 saturated heterocycles. The number of rotatable bonds is 0. The molecule has 0 aromatic carbocycles. The van der Waals surface area contributed by atoms with Gasteiger partial charge < -0.3 is 16.0 Å². The van der Waals surface area contributed by atoms with E-state index in [0.29, 0.717) is 23.8 Å². The van der Waals surface area contributed by atoms with Gasteiger partial charge in [-0.15, -0.1) is 23.8 Å². The minimum absolute atomic E-state index is 0.0136. The van der Waals surface area contributed by atoms with Gasteiger partial charge in [0.2, 0.25) is 0 Å². The summed E-state index contributed by atoms with van der Waals surface area (Å²) < 4.78 is 0. The van der Waals surface area contributed by atoms with Crippen LogP contribution in [0.2, 0.25) is 0 Å². The number of hydrogen-bond donors (Lipinski definition) is 3. The first-order valence-electron chi connectivity index (χ1n) is 22.1. The number of nitrogens with one attached hydrogen (secondary N) is 3. The van der Waals surface area contributed by atoms with E-state index in [1.165, 1.54) is 114 Å². The molecule has 6 atom stereocenters. The summed E-state index contributed by atoms with van der Waals surface area (Å²) in [5.41, 5.74) is 0. The molecule has 0 bridgehead atoms. The molecule has 18 heteroatoms. The zero-order chi connectivity index (χ0) is 42.9. The van der Waals surface area contributed by atoms with E-state index in [0.717, 1.165) is 0 Å². The molecular formula is C39H96Cl4N3P9Ru2+6. The standard InChI is InChI=1S/3C13H30NP3.4ClH.2Ru/c3*1-15-8-4-10-16(2)12-6-14-7-13-17(3)11-5-9-15;;;;;;/h3*14H,4-13H2,1-3H3;4*1H;;/q;;;;;;;2*+2/p+2. The van der Waals surface area contributed by atoms with E-state index in [4.69, 9.17) is 38.8 Å². The third kappa shape index (κ3) is 51.4. The Morgan fingerprint density at radius 1 is 0.316 bits per heavy atom. The van der Waals surface area contributed by atoms with Gasteiger partial charge in [-0.2, -0.15) is 0 Å². The molecule has 0 saturated carbocycles. The predicted molar refractivity (Wildman–Crippen MR) is 301 cm³/mol. The summed E-state index contributed by atoms with van der Waals surface area (Å²) in [6.45, 7) is 30.5. The molecule has 0 aromatic heterocycles. The van der Waals surface area contributed by atoms with Crippen LogP contribution in [0, 0.1) is 0 Å². The molecule has 0 aromatic rings. The zero-order valence-electron chi connectivity index (χ0n) is 38.3. The maximum atomic E-state index is 4.85. The summed E-state index contributed by atoms with van der Waals surface area (Å²) in [7, 11) is 20.4.